The van der Waals surface area contributed by atoms with Crippen LogP contribution in [0.15, 0.2) is 17.0 Å². The van der Waals surface area contributed by atoms with Gasteiger partial charge in [0.15, 0.2) is 0 Å². The molecule has 5 nitrogen and oxygen atoms in total. The highest BCUT2D eigenvalue weighted by molar-refractivity contribution is 7.99. The van der Waals surface area contributed by atoms with Gasteiger partial charge in [0, 0.05) is 11.3 Å². The van der Waals surface area contributed by atoms with Gasteiger partial charge in [0.1, 0.15) is 4.90 Å². The summed E-state index contributed by atoms with van der Waals surface area (Å²) in [4.78, 5) is 0.127. The molecular formula is C13H22N2O3S2. The lowest BCUT2D eigenvalue weighted by molar-refractivity contribution is 0.282. The Labute approximate surface area is 125 Å². The molecule has 114 valence electrons. The number of thioether (sulfide) groups is 1. The normalized spacial score (nSPS) is 15.1. The molecule has 0 aliphatic rings. The summed E-state index contributed by atoms with van der Waals surface area (Å²) in [6, 6.07) is 3.00. The van der Waals surface area contributed by atoms with Crippen LogP contribution >= 0.6 is 11.8 Å². The van der Waals surface area contributed by atoms with Gasteiger partial charge >= 0.3 is 0 Å². The van der Waals surface area contributed by atoms with Gasteiger partial charge in [-0.3, -0.25) is 0 Å². The molecule has 1 aromatic rings. The van der Waals surface area contributed by atoms with Crippen LogP contribution in [0.1, 0.15) is 18.1 Å². The number of nitrogens with two attached hydrogens (primary N) is 1. The molecule has 0 aliphatic carbocycles. The highest BCUT2D eigenvalue weighted by atomic mass is 32.2. The maximum absolute atomic E-state index is 12.5. The van der Waals surface area contributed by atoms with Crippen LogP contribution in [0.4, 0.5) is 5.69 Å². The first-order valence-corrected chi connectivity index (χ1v) is 9.03. The number of nitrogen functional groups attached to an aromatic ring is 1. The van der Waals surface area contributed by atoms with E-state index in [1.165, 1.54) is 11.8 Å². The maximum Gasteiger partial charge on any atom is 0.243 e. The number of rotatable bonds is 6. The van der Waals surface area contributed by atoms with E-state index in [-0.39, 0.29) is 28.5 Å². The standard InChI is InChI=1S/C13H22N2O3S2/c1-8-5-6-11(14)13(9(8)2)20(17,18)15-10(3)12(7-16)19-4/h5-6,10,12,15-16H,7,14H2,1-4H3. The van der Waals surface area contributed by atoms with Crippen LogP contribution in [0, 0.1) is 13.8 Å². The second-order valence-electron chi connectivity index (χ2n) is 4.79. The molecule has 0 aromatic heterocycles. The minimum absolute atomic E-state index is 0.0901. The quantitative estimate of drug-likeness (QED) is 0.687. The van der Waals surface area contributed by atoms with Crippen molar-refractivity contribution in [3.8, 4) is 0 Å². The fourth-order valence-corrected chi connectivity index (χ4v) is 4.41. The lowest BCUT2D eigenvalue weighted by atomic mass is 10.1. The highest BCUT2D eigenvalue weighted by Crippen LogP contribution is 2.26. The molecule has 4 N–H and O–H groups in total. The van der Waals surface area contributed by atoms with Gasteiger partial charge in [-0.05, 0) is 44.2 Å². The molecule has 0 spiro atoms. The number of anilines is 1. The predicted molar refractivity (Wildman–Crippen MR) is 84.5 cm³/mol. The van der Waals surface area contributed by atoms with Gasteiger partial charge in [-0.25, -0.2) is 13.1 Å². The van der Waals surface area contributed by atoms with Gasteiger partial charge in [-0.2, -0.15) is 11.8 Å². The summed E-state index contributed by atoms with van der Waals surface area (Å²) in [5.41, 5.74) is 7.57. The molecule has 1 rings (SSSR count). The van der Waals surface area contributed by atoms with E-state index in [0.717, 1.165) is 5.56 Å². The van der Waals surface area contributed by atoms with Crippen molar-refractivity contribution < 1.29 is 13.5 Å². The molecule has 2 unspecified atom stereocenters. The van der Waals surface area contributed by atoms with E-state index in [4.69, 9.17) is 5.73 Å². The zero-order valence-corrected chi connectivity index (χ0v) is 13.8. The molecule has 0 saturated carbocycles. The monoisotopic (exact) mass is 318 g/mol. The summed E-state index contributed by atoms with van der Waals surface area (Å²) in [7, 11) is -3.71. The van der Waals surface area contributed by atoms with Crippen LogP contribution in [-0.4, -0.2) is 37.7 Å². The average molecular weight is 318 g/mol. The number of sulfonamides is 1. The number of aliphatic hydroxyl groups is 1. The Morgan fingerprint density at radius 3 is 2.50 bits per heavy atom. The largest absolute Gasteiger partial charge is 0.398 e. The van der Waals surface area contributed by atoms with Crippen molar-refractivity contribution in [1.82, 2.24) is 4.72 Å². The Morgan fingerprint density at radius 2 is 2.00 bits per heavy atom. The minimum Gasteiger partial charge on any atom is -0.398 e. The summed E-state index contributed by atoms with van der Waals surface area (Å²) < 4.78 is 27.6. The van der Waals surface area contributed by atoms with Gasteiger partial charge in [-0.1, -0.05) is 6.07 Å². The second-order valence-corrected chi connectivity index (χ2v) is 7.52. The van der Waals surface area contributed by atoms with Crippen LogP contribution in [0.3, 0.4) is 0 Å². The lowest BCUT2D eigenvalue weighted by Gasteiger charge is -2.22. The number of nitrogens with one attached hydrogen (secondary N) is 1. The highest BCUT2D eigenvalue weighted by Gasteiger charge is 2.26. The van der Waals surface area contributed by atoms with E-state index < -0.39 is 10.0 Å². The van der Waals surface area contributed by atoms with Crippen molar-refractivity contribution >= 4 is 27.5 Å². The predicted octanol–water partition coefficient (Wildman–Crippen LogP) is 1.28. The molecule has 0 aliphatic heterocycles. The Hall–Kier alpha value is -0.760. The molecule has 0 radical (unpaired) electrons. The van der Waals surface area contributed by atoms with Crippen molar-refractivity contribution in [2.45, 2.75) is 37.0 Å². The van der Waals surface area contributed by atoms with Gasteiger partial charge in [0.05, 0.1) is 12.3 Å². The zero-order valence-electron chi connectivity index (χ0n) is 12.2. The van der Waals surface area contributed by atoms with Crippen LogP contribution in [0.2, 0.25) is 0 Å². The topological polar surface area (TPSA) is 92.4 Å². The zero-order chi connectivity index (χ0) is 15.5. The summed E-state index contributed by atoms with van der Waals surface area (Å²) >= 11 is 1.42. The van der Waals surface area contributed by atoms with Crippen LogP contribution < -0.4 is 10.5 Å². The average Bonchev–Trinajstić information content (AvgIpc) is 2.35. The van der Waals surface area contributed by atoms with Crippen LogP contribution in [0.25, 0.3) is 0 Å². The number of benzene rings is 1. The first-order valence-electron chi connectivity index (χ1n) is 6.26. The summed E-state index contributed by atoms with van der Waals surface area (Å²) in [6.07, 6.45) is 1.83. The Morgan fingerprint density at radius 1 is 1.40 bits per heavy atom. The van der Waals surface area contributed by atoms with E-state index in [1.807, 2.05) is 13.2 Å². The number of hydrogen-bond donors (Lipinski definition) is 3. The second kappa shape index (κ2) is 6.80. The summed E-state index contributed by atoms with van der Waals surface area (Å²) in [5, 5.41) is 9.04. The third kappa shape index (κ3) is 3.66. The number of hydrogen-bond acceptors (Lipinski definition) is 5. The smallest absolute Gasteiger partial charge is 0.243 e. The van der Waals surface area contributed by atoms with E-state index in [1.54, 1.807) is 26.0 Å². The maximum atomic E-state index is 12.5. The fraction of sp³-hybridized carbons (Fsp3) is 0.538. The first-order chi connectivity index (χ1) is 9.24. The van der Waals surface area contributed by atoms with Gasteiger partial charge in [-0.15, -0.1) is 0 Å². The van der Waals surface area contributed by atoms with E-state index >= 15 is 0 Å². The van der Waals surface area contributed by atoms with Gasteiger partial charge in [0.2, 0.25) is 10.0 Å². The SMILES string of the molecule is CSC(CO)C(C)NS(=O)(=O)c1c(N)ccc(C)c1C. The van der Waals surface area contributed by atoms with Crippen LogP contribution in [0.5, 0.6) is 0 Å². The molecule has 0 heterocycles. The molecule has 0 bridgehead atoms. The summed E-state index contributed by atoms with van der Waals surface area (Å²) in [6.45, 7) is 5.22. The molecular weight excluding hydrogens is 296 g/mol. The molecule has 0 saturated heterocycles. The van der Waals surface area contributed by atoms with Crippen molar-refractivity contribution in [1.29, 1.82) is 0 Å². The molecule has 0 fully saturated rings. The summed E-state index contributed by atoms with van der Waals surface area (Å²) in [5.74, 6) is 0. The molecule has 1 aromatic carbocycles. The first kappa shape index (κ1) is 17.3. The molecule has 7 heteroatoms. The van der Waals surface area contributed by atoms with E-state index in [9.17, 15) is 13.5 Å². The van der Waals surface area contributed by atoms with Crippen molar-refractivity contribution in [3.63, 3.8) is 0 Å². The van der Waals surface area contributed by atoms with Gasteiger partial charge in [0.25, 0.3) is 0 Å². The van der Waals surface area contributed by atoms with E-state index in [0.29, 0.717) is 5.56 Å². The Balaban J connectivity index is 3.16. The molecule has 2 atom stereocenters. The fourth-order valence-electron chi connectivity index (χ4n) is 1.98. The van der Waals surface area contributed by atoms with Crippen molar-refractivity contribution in [2.24, 2.45) is 0 Å². The number of aryl methyl sites for hydroxylation is 1. The van der Waals surface area contributed by atoms with Gasteiger partial charge < -0.3 is 10.8 Å². The Bertz CT molecular complexity index is 569. The minimum atomic E-state index is -3.71. The molecule has 20 heavy (non-hydrogen) atoms. The third-order valence-corrected chi connectivity index (χ3v) is 6.28. The molecule has 0 amide bonds. The Kier molecular flexibility index (Phi) is 5.88. The van der Waals surface area contributed by atoms with Crippen molar-refractivity contribution in [3.05, 3.63) is 23.3 Å². The third-order valence-electron chi connectivity index (χ3n) is 3.36. The van der Waals surface area contributed by atoms with E-state index in [2.05, 4.69) is 4.72 Å². The van der Waals surface area contributed by atoms with Crippen LogP contribution in [-0.2, 0) is 10.0 Å². The number of aliphatic hydroxyl groups excluding tert-OH is 1. The van der Waals surface area contributed by atoms with Crippen molar-refractivity contribution in [2.75, 3.05) is 18.6 Å². The lowest BCUT2D eigenvalue weighted by Crippen LogP contribution is -2.41.